The average Bonchev–Trinajstić information content (AvgIpc) is 2.89. The maximum absolute atomic E-state index is 8.87. The van der Waals surface area contributed by atoms with E-state index in [1.165, 1.54) is 18.4 Å². The molecule has 1 aliphatic carbocycles. The predicted molar refractivity (Wildman–Crippen MR) is 71.3 cm³/mol. The van der Waals surface area contributed by atoms with Crippen molar-refractivity contribution in [3.05, 3.63) is 23.8 Å². The van der Waals surface area contributed by atoms with Gasteiger partial charge >= 0.3 is 0 Å². The molecule has 0 aromatic heterocycles. The van der Waals surface area contributed by atoms with Crippen LogP contribution in [0.3, 0.4) is 0 Å². The van der Waals surface area contributed by atoms with Crippen molar-refractivity contribution in [3.8, 4) is 11.5 Å². The Morgan fingerprint density at radius 1 is 1.22 bits per heavy atom. The van der Waals surface area contributed by atoms with Crippen LogP contribution >= 0.6 is 0 Å². The standard InChI is InChI=1S/C15H22O3/c1-17-14-9-8-12(5-4-10-16)11-15(14)18-13-6-2-3-7-13/h8-9,11,13,16H,2-7,10H2,1H3. The van der Waals surface area contributed by atoms with E-state index >= 15 is 0 Å². The van der Waals surface area contributed by atoms with E-state index in [9.17, 15) is 0 Å². The number of aliphatic hydroxyl groups is 1. The van der Waals surface area contributed by atoms with E-state index < -0.39 is 0 Å². The van der Waals surface area contributed by atoms with Crippen LogP contribution in [0.1, 0.15) is 37.7 Å². The van der Waals surface area contributed by atoms with E-state index in [0.29, 0.717) is 6.10 Å². The molecule has 0 saturated heterocycles. The number of methoxy groups -OCH3 is 1. The second-order valence-corrected chi connectivity index (χ2v) is 4.84. The third kappa shape index (κ3) is 3.39. The van der Waals surface area contributed by atoms with Gasteiger partial charge in [0.05, 0.1) is 13.2 Å². The number of benzene rings is 1. The summed E-state index contributed by atoms with van der Waals surface area (Å²) in [5.41, 5.74) is 1.19. The first-order valence-corrected chi connectivity index (χ1v) is 6.78. The van der Waals surface area contributed by atoms with Gasteiger partial charge in [0.15, 0.2) is 11.5 Å². The van der Waals surface area contributed by atoms with Crippen molar-refractivity contribution >= 4 is 0 Å². The van der Waals surface area contributed by atoms with Gasteiger partial charge in [0.1, 0.15) is 0 Å². The number of aliphatic hydroxyl groups excluding tert-OH is 1. The highest BCUT2D eigenvalue weighted by atomic mass is 16.5. The second-order valence-electron chi connectivity index (χ2n) is 4.84. The van der Waals surface area contributed by atoms with Gasteiger partial charge in [0.2, 0.25) is 0 Å². The fraction of sp³-hybridized carbons (Fsp3) is 0.600. The lowest BCUT2D eigenvalue weighted by Crippen LogP contribution is -2.11. The molecule has 0 amide bonds. The fourth-order valence-electron chi connectivity index (χ4n) is 2.44. The summed E-state index contributed by atoms with van der Waals surface area (Å²) in [5.74, 6) is 1.65. The molecule has 0 bridgehead atoms. The second kappa shape index (κ2) is 6.64. The Morgan fingerprint density at radius 3 is 2.67 bits per heavy atom. The number of rotatable bonds is 6. The summed E-state index contributed by atoms with van der Waals surface area (Å²) >= 11 is 0. The average molecular weight is 250 g/mol. The summed E-state index contributed by atoms with van der Waals surface area (Å²) in [4.78, 5) is 0. The molecule has 18 heavy (non-hydrogen) atoms. The molecule has 1 N–H and O–H groups in total. The summed E-state index contributed by atoms with van der Waals surface area (Å²) in [7, 11) is 1.67. The molecule has 0 spiro atoms. The van der Waals surface area contributed by atoms with Crippen LogP contribution in [0.4, 0.5) is 0 Å². The van der Waals surface area contributed by atoms with Crippen molar-refractivity contribution in [1.82, 2.24) is 0 Å². The Kier molecular flexibility index (Phi) is 4.88. The van der Waals surface area contributed by atoms with Crippen LogP contribution in [0, 0.1) is 0 Å². The molecule has 3 heteroatoms. The van der Waals surface area contributed by atoms with Crippen LogP contribution in [0.5, 0.6) is 11.5 Å². The zero-order valence-corrected chi connectivity index (χ0v) is 11.0. The number of aryl methyl sites for hydroxylation is 1. The summed E-state index contributed by atoms with van der Waals surface area (Å²) in [6, 6.07) is 6.04. The number of ether oxygens (including phenoxy) is 2. The molecule has 3 nitrogen and oxygen atoms in total. The van der Waals surface area contributed by atoms with Gasteiger partial charge in [-0.3, -0.25) is 0 Å². The molecule has 100 valence electrons. The minimum absolute atomic E-state index is 0.227. The van der Waals surface area contributed by atoms with Crippen LogP contribution in [0.25, 0.3) is 0 Å². The third-order valence-corrected chi connectivity index (χ3v) is 3.45. The van der Waals surface area contributed by atoms with Crippen LogP contribution in [0.15, 0.2) is 18.2 Å². The van der Waals surface area contributed by atoms with Gasteiger partial charge in [-0.15, -0.1) is 0 Å². The minimum Gasteiger partial charge on any atom is -0.493 e. The molecular formula is C15H22O3. The van der Waals surface area contributed by atoms with Crippen LogP contribution < -0.4 is 9.47 Å². The van der Waals surface area contributed by atoms with E-state index in [4.69, 9.17) is 14.6 Å². The normalized spacial score (nSPS) is 15.9. The van der Waals surface area contributed by atoms with Crippen LogP contribution in [-0.2, 0) is 6.42 Å². The maximum atomic E-state index is 8.87. The molecule has 0 aliphatic heterocycles. The molecule has 0 unspecified atom stereocenters. The summed E-state index contributed by atoms with van der Waals surface area (Å²) in [6.45, 7) is 0.227. The number of hydrogen-bond acceptors (Lipinski definition) is 3. The maximum Gasteiger partial charge on any atom is 0.161 e. The highest BCUT2D eigenvalue weighted by Crippen LogP contribution is 2.32. The van der Waals surface area contributed by atoms with Gasteiger partial charge in [-0.25, -0.2) is 0 Å². The lowest BCUT2D eigenvalue weighted by atomic mass is 10.1. The SMILES string of the molecule is COc1ccc(CCCO)cc1OC1CCCC1. The van der Waals surface area contributed by atoms with Crippen LogP contribution in [-0.4, -0.2) is 24.9 Å². The van der Waals surface area contributed by atoms with Crippen molar-refractivity contribution in [2.45, 2.75) is 44.6 Å². The molecule has 1 fully saturated rings. The molecule has 0 atom stereocenters. The van der Waals surface area contributed by atoms with Crippen molar-refractivity contribution in [3.63, 3.8) is 0 Å². The Bertz CT molecular complexity index is 370. The van der Waals surface area contributed by atoms with Crippen molar-refractivity contribution in [1.29, 1.82) is 0 Å². The zero-order chi connectivity index (χ0) is 12.8. The van der Waals surface area contributed by atoms with Crippen molar-refractivity contribution in [2.24, 2.45) is 0 Å². The fourth-order valence-corrected chi connectivity index (χ4v) is 2.44. The van der Waals surface area contributed by atoms with Crippen molar-refractivity contribution < 1.29 is 14.6 Å². The van der Waals surface area contributed by atoms with E-state index in [1.807, 2.05) is 18.2 Å². The van der Waals surface area contributed by atoms with Gasteiger partial charge in [-0.1, -0.05) is 6.07 Å². The molecule has 1 saturated carbocycles. The van der Waals surface area contributed by atoms with Gasteiger partial charge in [0, 0.05) is 6.61 Å². The Morgan fingerprint density at radius 2 is 2.00 bits per heavy atom. The highest BCUT2D eigenvalue weighted by Gasteiger charge is 2.18. The van der Waals surface area contributed by atoms with Crippen molar-refractivity contribution in [2.75, 3.05) is 13.7 Å². The van der Waals surface area contributed by atoms with E-state index in [2.05, 4.69) is 0 Å². The largest absolute Gasteiger partial charge is 0.493 e. The quantitative estimate of drug-likeness (QED) is 0.843. The van der Waals surface area contributed by atoms with E-state index in [0.717, 1.165) is 37.2 Å². The lowest BCUT2D eigenvalue weighted by molar-refractivity contribution is 0.200. The molecule has 1 aromatic rings. The molecule has 2 rings (SSSR count). The van der Waals surface area contributed by atoms with Gasteiger partial charge in [-0.05, 0) is 56.2 Å². The summed E-state index contributed by atoms with van der Waals surface area (Å²) < 4.78 is 11.4. The first kappa shape index (κ1) is 13.2. The molecular weight excluding hydrogens is 228 g/mol. The van der Waals surface area contributed by atoms with E-state index in [-0.39, 0.29) is 6.61 Å². The Labute approximate surface area is 109 Å². The smallest absolute Gasteiger partial charge is 0.161 e. The predicted octanol–water partition coefficient (Wildman–Crippen LogP) is 2.94. The first-order chi connectivity index (χ1) is 8.83. The summed E-state index contributed by atoms with van der Waals surface area (Å²) in [6.07, 6.45) is 6.81. The highest BCUT2D eigenvalue weighted by molar-refractivity contribution is 5.43. The van der Waals surface area contributed by atoms with E-state index in [1.54, 1.807) is 7.11 Å². The minimum atomic E-state index is 0.227. The van der Waals surface area contributed by atoms with Gasteiger partial charge in [0.25, 0.3) is 0 Å². The molecule has 0 heterocycles. The van der Waals surface area contributed by atoms with Gasteiger partial charge in [-0.2, -0.15) is 0 Å². The monoisotopic (exact) mass is 250 g/mol. The number of hydrogen-bond donors (Lipinski definition) is 1. The Hall–Kier alpha value is -1.22. The van der Waals surface area contributed by atoms with Gasteiger partial charge < -0.3 is 14.6 Å². The summed E-state index contributed by atoms with van der Waals surface area (Å²) in [5, 5.41) is 8.87. The first-order valence-electron chi connectivity index (χ1n) is 6.78. The van der Waals surface area contributed by atoms with Crippen LogP contribution in [0.2, 0.25) is 0 Å². The molecule has 1 aromatic carbocycles. The lowest BCUT2D eigenvalue weighted by Gasteiger charge is -2.16. The molecule has 1 aliphatic rings. The molecule has 0 radical (unpaired) electrons. The topological polar surface area (TPSA) is 38.7 Å². The third-order valence-electron chi connectivity index (χ3n) is 3.45. The zero-order valence-electron chi connectivity index (χ0n) is 11.0. The Balaban J connectivity index is 2.08.